The second kappa shape index (κ2) is 9.11. The highest BCUT2D eigenvalue weighted by Crippen LogP contribution is 2.24. The second-order valence-electron chi connectivity index (χ2n) is 5.51. The van der Waals surface area contributed by atoms with Crippen molar-refractivity contribution in [2.24, 2.45) is 0 Å². The van der Waals surface area contributed by atoms with E-state index < -0.39 is 0 Å². The predicted molar refractivity (Wildman–Crippen MR) is 99.5 cm³/mol. The lowest BCUT2D eigenvalue weighted by molar-refractivity contribution is 0.193. The lowest BCUT2D eigenvalue weighted by Crippen LogP contribution is -2.51. The average Bonchev–Trinajstić information content (AvgIpc) is 3.07. The Kier molecular flexibility index (Phi) is 6.59. The number of methoxy groups -OCH3 is 1. The zero-order valence-electron chi connectivity index (χ0n) is 14.4. The second-order valence-corrected chi connectivity index (χ2v) is 7.01. The van der Waals surface area contributed by atoms with Gasteiger partial charge in [0.2, 0.25) is 5.16 Å². The molecule has 2 heterocycles. The summed E-state index contributed by atoms with van der Waals surface area (Å²) in [6.45, 7) is 1.90. The third-order valence-electron chi connectivity index (χ3n) is 3.65. The molecular formula is C16H20ClN5O3S. The average molecular weight is 398 g/mol. The van der Waals surface area contributed by atoms with Gasteiger partial charge in [-0.15, -0.1) is 10.2 Å². The number of hydrogen-bond acceptors (Lipinski definition) is 6. The van der Waals surface area contributed by atoms with Crippen molar-refractivity contribution in [3.05, 3.63) is 35.1 Å². The van der Waals surface area contributed by atoms with E-state index in [1.807, 2.05) is 12.1 Å². The largest absolute Gasteiger partial charge is 0.485 e. The molecule has 0 saturated heterocycles. The SMILES string of the molecule is COCCCNC(=O)N1CCSc2nnc(COc3cccc(Cl)c3)n21. The van der Waals surface area contributed by atoms with E-state index in [4.69, 9.17) is 21.1 Å². The number of nitrogens with one attached hydrogen (secondary N) is 1. The van der Waals surface area contributed by atoms with Crippen molar-refractivity contribution in [3.63, 3.8) is 0 Å². The smallest absolute Gasteiger partial charge is 0.336 e. The Morgan fingerprint density at radius 2 is 2.31 bits per heavy atom. The Morgan fingerprint density at radius 3 is 3.12 bits per heavy atom. The number of nitrogens with zero attached hydrogens (tertiary/aromatic N) is 4. The number of carbonyl (C=O) groups excluding carboxylic acids is 1. The van der Waals surface area contributed by atoms with Crippen LogP contribution in [0.15, 0.2) is 29.4 Å². The molecule has 0 spiro atoms. The fraction of sp³-hybridized carbons (Fsp3) is 0.438. The van der Waals surface area contributed by atoms with Gasteiger partial charge in [-0.05, 0) is 24.6 Å². The van der Waals surface area contributed by atoms with Gasteiger partial charge in [-0.25, -0.2) is 14.5 Å². The standard InChI is InChI=1S/C16H20ClN5O3S/c1-24-8-3-6-18-15(23)21-7-9-26-16-20-19-14(22(16)21)11-25-13-5-2-4-12(17)10-13/h2,4-5,10H,3,6-9,11H2,1H3,(H,18,23). The zero-order valence-corrected chi connectivity index (χ0v) is 15.9. The van der Waals surface area contributed by atoms with Gasteiger partial charge in [0.05, 0.1) is 6.54 Å². The molecule has 1 aliphatic rings. The van der Waals surface area contributed by atoms with E-state index in [9.17, 15) is 4.79 Å². The minimum atomic E-state index is -0.188. The molecule has 0 aliphatic carbocycles. The van der Waals surface area contributed by atoms with Crippen LogP contribution < -0.4 is 15.1 Å². The van der Waals surface area contributed by atoms with Crippen LogP contribution in [-0.2, 0) is 11.3 Å². The number of fused-ring (bicyclic) bond motifs is 1. The van der Waals surface area contributed by atoms with E-state index in [1.165, 1.54) is 0 Å². The number of halogens is 1. The Labute approximate surface area is 160 Å². The maximum absolute atomic E-state index is 12.5. The van der Waals surface area contributed by atoms with Crippen LogP contribution in [0.25, 0.3) is 0 Å². The van der Waals surface area contributed by atoms with Gasteiger partial charge in [-0.1, -0.05) is 29.4 Å². The molecule has 0 fully saturated rings. The van der Waals surface area contributed by atoms with Gasteiger partial charge in [-0.2, -0.15) is 0 Å². The Bertz CT molecular complexity index is 757. The van der Waals surface area contributed by atoms with E-state index >= 15 is 0 Å². The molecule has 0 unspecified atom stereocenters. The maximum Gasteiger partial charge on any atom is 0.336 e. The summed E-state index contributed by atoms with van der Waals surface area (Å²) in [6.07, 6.45) is 0.755. The first-order chi connectivity index (χ1) is 12.7. The lowest BCUT2D eigenvalue weighted by Gasteiger charge is -2.29. The van der Waals surface area contributed by atoms with E-state index in [1.54, 1.807) is 40.7 Å². The summed E-state index contributed by atoms with van der Waals surface area (Å²) >= 11 is 7.53. The molecule has 3 rings (SSSR count). The highest BCUT2D eigenvalue weighted by atomic mass is 35.5. The highest BCUT2D eigenvalue weighted by Gasteiger charge is 2.27. The molecule has 26 heavy (non-hydrogen) atoms. The van der Waals surface area contributed by atoms with Crippen molar-refractivity contribution in [2.75, 3.05) is 37.6 Å². The van der Waals surface area contributed by atoms with Gasteiger partial charge < -0.3 is 14.8 Å². The topological polar surface area (TPSA) is 81.5 Å². The van der Waals surface area contributed by atoms with Gasteiger partial charge in [-0.3, -0.25) is 0 Å². The summed E-state index contributed by atoms with van der Waals surface area (Å²) in [5, 5.41) is 14.1. The number of aromatic nitrogens is 3. The van der Waals surface area contributed by atoms with Gasteiger partial charge >= 0.3 is 6.03 Å². The highest BCUT2D eigenvalue weighted by molar-refractivity contribution is 7.99. The van der Waals surface area contributed by atoms with E-state index in [0.717, 1.165) is 12.2 Å². The number of urea groups is 1. The molecule has 2 aromatic rings. The lowest BCUT2D eigenvalue weighted by atomic mass is 10.3. The number of thioether (sulfide) groups is 1. The maximum atomic E-state index is 12.5. The number of ether oxygens (including phenoxy) is 2. The van der Waals surface area contributed by atoms with Crippen molar-refractivity contribution in [2.45, 2.75) is 18.2 Å². The normalized spacial score (nSPS) is 13.4. The van der Waals surface area contributed by atoms with Gasteiger partial charge in [0, 0.05) is 31.0 Å². The van der Waals surface area contributed by atoms with Gasteiger partial charge in [0.15, 0.2) is 5.82 Å². The summed E-state index contributed by atoms with van der Waals surface area (Å²) in [6, 6.07) is 6.94. The van der Waals surface area contributed by atoms with Crippen molar-refractivity contribution in [3.8, 4) is 5.75 Å². The van der Waals surface area contributed by atoms with Crippen LogP contribution in [0.4, 0.5) is 4.79 Å². The molecule has 0 saturated carbocycles. The zero-order chi connectivity index (χ0) is 18.4. The van der Waals surface area contributed by atoms with Crippen LogP contribution in [0.1, 0.15) is 12.2 Å². The van der Waals surface area contributed by atoms with Crippen LogP contribution in [0.3, 0.4) is 0 Å². The molecule has 140 valence electrons. The van der Waals surface area contributed by atoms with Crippen molar-refractivity contribution >= 4 is 29.4 Å². The fourth-order valence-electron chi connectivity index (χ4n) is 2.44. The number of rotatable bonds is 7. The summed E-state index contributed by atoms with van der Waals surface area (Å²) in [5.41, 5.74) is 0. The van der Waals surface area contributed by atoms with Gasteiger partial charge in [0.1, 0.15) is 12.4 Å². The first kappa shape index (κ1) is 18.8. The van der Waals surface area contributed by atoms with Gasteiger partial charge in [0.25, 0.3) is 0 Å². The van der Waals surface area contributed by atoms with E-state index in [0.29, 0.717) is 41.4 Å². The Morgan fingerprint density at radius 1 is 1.42 bits per heavy atom. The Hall–Kier alpha value is -1.97. The van der Waals surface area contributed by atoms with E-state index in [-0.39, 0.29) is 12.6 Å². The Balaban J connectivity index is 1.68. The molecular weight excluding hydrogens is 378 g/mol. The van der Waals surface area contributed by atoms with Crippen LogP contribution in [0, 0.1) is 0 Å². The summed E-state index contributed by atoms with van der Waals surface area (Å²) in [5.74, 6) is 1.95. The van der Waals surface area contributed by atoms with Crippen LogP contribution in [0.2, 0.25) is 5.02 Å². The minimum Gasteiger partial charge on any atom is -0.485 e. The first-order valence-electron chi connectivity index (χ1n) is 8.19. The third kappa shape index (κ3) is 4.60. The number of benzene rings is 1. The molecule has 10 heteroatoms. The molecule has 1 aromatic carbocycles. The first-order valence-corrected chi connectivity index (χ1v) is 9.55. The fourth-order valence-corrected chi connectivity index (χ4v) is 3.49. The van der Waals surface area contributed by atoms with Crippen molar-refractivity contribution in [1.29, 1.82) is 0 Å². The summed E-state index contributed by atoms with van der Waals surface area (Å²) < 4.78 is 12.5. The van der Waals surface area contributed by atoms with Crippen molar-refractivity contribution in [1.82, 2.24) is 20.2 Å². The monoisotopic (exact) mass is 397 g/mol. The summed E-state index contributed by atoms with van der Waals surface area (Å²) in [7, 11) is 1.64. The number of amides is 2. The van der Waals surface area contributed by atoms with Crippen LogP contribution >= 0.6 is 23.4 Å². The molecule has 1 N–H and O–H groups in total. The summed E-state index contributed by atoms with van der Waals surface area (Å²) in [4.78, 5) is 12.5. The van der Waals surface area contributed by atoms with Crippen LogP contribution in [-0.4, -0.2) is 53.5 Å². The quantitative estimate of drug-likeness (QED) is 0.722. The molecule has 2 amide bonds. The number of hydrogen-bond donors (Lipinski definition) is 1. The molecule has 0 bridgehead atoms. The van der Waals surface area contributed by atoms with E-state index in [2.05, 4.69) is 15.5 Å². The number of carbonyl (C=O) groups is 1. The predicted octanol–water partition coefficient (Wildman–Crippen LogP) is 2.30. The molecule has 0 atom stereocenters. The molecule has 0 radical (unpaired) electrons. The molecule has 8 nitrogen and oxygen atoms in total. The van der Waals surface area contributed by atoms with Crippen molar-refractivity contribution < 1.29 is 14.3 Å². The minimum absolute atomic E-state index is 0.182. The molecule has 1 aliphatic heterocycles. The third-order valence-corrected chi connectivity index (χ3v) is 4.79. The van der Waals surface area contributed by atoms with Crippen LogP contribution in [0.5, 0.6) is 5.75 Å². The molecule has 1 aromatic heterocycles.